The number of thiophene rings is 1. The number of aromatic nitrogens is 1. The Balaban J connectivity index is 1.54. The third-order valence-corrected chi connectivity index (χ3v) is 9.37. The number of hydrogen-bond acceptors (Lipinski definition) is 5. The Morgan fingerprint density at radius 2 is 1.84 bits per heavy atom. The number of rotatable bonds is 4. The van der Waals surface area contributed by atoms with Crippen LogP contribution in [0.2, 0.25) is 0 Å². The molecule has 1 fully saturated rings. The lowest BCUT2D eigenvalue weighted by molar-refractivity contribution is -0.114. The molecule has 2 aliphatic heterocycles. The van der Waals surface area contributed by atoms with E-state index in [0.717, 1.165) is 23.2 Å². The molecule has 0 spiro atoms. The molecule has 2 bridgehead atoms. The summed E-state index contributed by atoms with van der Waals surface area (Å²) in [5, 5.41) is 4.53. The average Bonchev–Trinajstić information content (AvgIpc) is 3.30. The Morgan fingerprint density at radius 3 is 2.53 bits per heavy atom. The van der Waals surface area contributed by atoms with Crippen LogP contribution < -0.4 is 10.9 Å². The molecule has 1 N–H and O–H groups in total. The Bertz CT molecular complexity index is 1330. The van der Waals surface area contributed by atoms with Crippen LogP contribution in [0.4, 0.5) is 5.69 Å². The molecule has 1 amide bonds. The highest BCUT2D eigenvalue weighted by Crippen LogP contribution is 2.41. The van der Waals surface area contributed by atoms with Crippen LogP contribution in [0.25, 0.3) is 11.1 Å². The third-order valence-electron chi connectivity index (χ3n) is 6.16. The summed E-state index contributed by atoms with van der Waals surface area (Å²) in [5.41, 5.74) is 3.40. The zero-order valence-electron chi connectivity index (χ0n) is 17.5. The smallest absolute Gasteiger partial charge is 0.252 e. The van der Waals surface area contributed by atoms with Crippen molar-refractivity contribution in [1.29, 1.82) is 0 Å². The van der Waals surface area contributed by atoms with Gasteiger partial charge in [-0.3, -0.25) is 9.59 Å². The van der Waals surface area contributed by atoms with Gasteiger partial charge in [0, 0.05) is 55.5 Å². The SMILES string of the molecule is CC(=O)Nc1ccc(-c2ccc(=O)n3c2[C@H]2C[C@@H](CN(S(=O)(=O)c4cccs4)C2)C3)cc1. The zero-order chi connectivity index (χ0) is 22.5. The molecule has 0 saturated carbocycles. The number of benzene rings is 1. The number of carbonyl (C=O) groups excluding carboxylic acids is 1. The molecule has 166 valence electrons. The molecule has 4 heterocycles. The van der Waals surface area contributed by atoms with Gasteiger partial charge in [0.15, 0.2) is 0 Å². The molecule has 1 saturated heterocycles. The van der Waals surface area contributed by atoms with Gasteiger partial charge in [-0.25, -0.2) is 8.42 Å². The minimum Gasteiger partial charge on any atom is -0.326 e. The van der Waals surface area contributed by atoms with Gasteiger partial charge in [-0.05, 0) is 47.5 Å². The van der Waals surface area contributed by atoms with Gasteiger partial charge in [-0.2, -0.15) is 4.31 Å². The predicted octanol–water partition coefficient (Wildman–Crippen LogP) is 3.34. The van der Waals surface area contributed by atoms with E-state index in [1.807, 2.05) is 34.9 Å². The highest BCUT2D eigenvalue weighted by Gasteiger charge is 2.40. The average molecular weight is 470 g/mol. The van der Waals surface area contributed by atoms with Crippen LogP contribution in [0.1, 0.15) is 25.0 Å². The Morgan fingerprint density at radius 1 is 1.06 bits per heavy atom. The molecule has 2 atom stereocenters. The number of sulfonamides is 1. The van der Waals surface area contributed by atoms with Crippen LogP contribution >= 0.6 is 11.3 Å². The van der Waals surface area contributed by atoms with E-state index < -0.39 is 10.0 Å². The van der Waals surface area contributed by atoms with E-state index in [1.165, 1.54) is 18.3 Å². The van der Waals surface area contributed by atoms with Crippen LogP contribution in [0.3, 0.4) is 0 Å². The van der Waals surface area contributed by atoms with E-state index in [2.05, 4.69) is 5.32 Å². The zero-order valence-corrected chi connectivity index (χ0v) is 19.2. The summed E-state index contributed by atoms with van der Waals surface area (Å²) in [7, 11) is -3.54. The first-order chi connectivity index (χ1) is 15.3. The summed E-state index contributed by atoms with van der Waals surface area (Å²) in [6.45, 7) is 2.76. The second kappa shape index (κ2) is 7.99. The van der Waals surface area contributed by atoms with Crippen molar-refractivity contribution in [3.63, 3.8) is 0 Å². The van der Waals surface area contributed by atoms with Gasteiger partial charge in [-0.1, -0.05) is 18.2 Å². The summed E-state index contributed by atoms with van der Waals surface area (Å²) in [5.74, 6) is -0.0936. The molecule has 0 radical (unpaired) electrons. The monoisotopic (exact) mass is 469 g/mol. The first-order valence-corrected chi connectivity index (χ1v) is 12.8. The highest BCUT2D eigenvalue weighted by atomic mass is 32.2. The number of piperidine rings is 1. The van der Waals surface area contributed by atoms with Crippen molar-refractivity contribution in [1.82, 2.24) is 8.87 Å². The van der Waals surface area contributed by atoms with Crippen LogP contribution in [0, 0.1) is 5.92 Å². The molecule has 1 aromatic carbocycles. The van der Waals surface area contributed by atoms with Crippen molar-refractivity contribution in [2.45, 2.75) is 30.0 Å². The fourth-order valence-electron chi connectivity index (χ4n) is 4.89. The van der Waals surface area contributed by atoms with Gasteiger partial charge >= 0.3 is 0 Å². The molecule has 7 nitrogen and oxygen atoms in total. The van der Waals surface area contributed by atoms with Gasteiger partial charge in [0.1, 0.15) is 4.21 Å². The maximum Gasteiger partial charge on any atom is 0.252 e. The number of nitrogens with zero attached hydrogens (tertiary/aromatic N) is 2. The number of anilines is 1. The van der Waals surface area contributed by atoms with E-state index in [4.69, 9.17) is 0 Å². The molecular formula is C23H23N3O4S2. The number of hydrogen-bond donors (Lipinski definition) is 1. The molecule has 5 rings (SSSR count). The topological polar surface area (TPSA) is 88.5 Å². The number of amides is 1. The Kier molecular flexibility index (Phi) is 5.27. The van der Waals surface area contributed by atoms with Crippen LogP contribution in [0.15, 0.2) is 62.9 Å². The first kappa shape index (κ1) is 21.1. The quantitative estimate of drug-likeness (QED) is 0.635. The number of nitrogens with one attached hydrogen (secondary N) is 1. The number of fused-ring (bicyclic) bond motifs is 4. The first-order valence-electron chi connectivity index (χ1n) is 10.5. The van der Waals surface area contributed by atoms with E-state index in [-0.39, 0.29) is 23.3 Å². The van der Waals surface area contributed by atoms with Crippen molar-refractivity contribution < 1.29 is 13.2 Å². The normalized spacial score (nSPS) is 20.5. The maximum atomic E-state index is 13.2. The number of pyridine rings is 1. The van der Waals surface area contributed by atoms with Crippen molar-refractivity contribution in [3.05, 3.63) is 70.0 Å². The van der Waals surface area contributed by atoms with Gasteiger partial charge < -0.3 is 9.88 Å². The Hall–Kier alpha value is -2.75. The third kappa shape index (κ3) is 3.70. The van der Waals surface area contributed by atoms with Crippen molar-refractivity contribution >= 4 is 33.0 Å². The van der Waals surface area contributed by atoms with Gasteiger partial charge in [0.25, 0.3) is 15.6 Å². The van der Waals surface area contributed by atoms with Gasteiger partial charge in [-0.15, -0.1) is 11.3 Å². The van der Waals surface area contributed by atoms with E-state index in [1.54, 1.807) is 27.9 Å². The van der Waals surface area contributed by atoms with Gasteiger partial charge in [0.2, 0.25) is 5.91 Å². The predicted molar refractivity (Wildman–Crippen MR) is 124 cm³/mol. The molecule has 3 aromatic rings. The van der Waals surface area contributed by atoms with Crippen LogP contribution in [-0.2, 0) is 21.4 Å². The minimum absolute atomic E-state index is 0.0529. The maximum absolute atomic E-state index is 13.2. The summed E-state index contributed by atoms with van der Waals surface area (Å²) in [6.07, 6.45) is 0.858. The van der Waals surface area contributed by atoms with Gasteiger partial charge in [0.05, 0.1) is 0 Å². The molecule has 9 heteroatoms. The lowest BCUT2D eigenvalue weighted by Crippen LogP contribution is -2.49. The molecule has 32 heavy (non-hydrogen) atoms. The van der Waals surface area contributed by atoms with Crippen molar-refractivity contribution in [2.24, 2.45) is 5.92 Å². The largest absolute Gasteiger partial charge is 0.326 e. The summed E-state index contributed by atoms with van der Waals surface area (Å²) >= 11 is 1.23. The molecule has 0 unspecified atom stereocenters. The number of carbonyl (C=O) groups is 1. The molecule has 2 aliphatic rings. The lowest BCUT2D eigenvalue weighted by Gasteiger charge is -2.42. The molecule has 0 aliphatic carbocycles. The Labute approximate surface area is 190 Å². The van der Waals surface area contributed by atoms with E-state index in [0.29, 0.717) is 29.5 Å². The van der Waals surface area contributed by atoms with E-state index in [9.17, 15) is 18.0 Å². The second-order valence-corrected chi connectivity index (χ2v) is 11.5. The van der Waals surface area contributed by atoms with E-state index >= 15 is 0 Å². The second-order valence-electron chi connectivity index (χ2n) is 8.39. The fraction of sp³-hybridized carbons (Fsp3) is 0.304. The fourth-order valence-corrected chi connectivity index (χ4v) is 7.59. The van der Waals surface area contributed by atoms with Crippen molar-refractivity contribution in [3.8, 4) is 11.1 Å². The highest BCUT2D eigenvalue weighted by molar-refractivity contribution is 7.91. The standard InChI is InChI=1S/C23H23N3O4S2/c1-15(27)24-19-6-4-17(5-7-19)20-8-9-21(28)26-13-16-11-18(23(20)26)14-25(12-16)32(29,30)22-3-2-10-31-22/h2-10,16,18H,11-14H2,1H3,(H,24,27)/t16-,18-/m0/s1. The molecular weight excluding hydrogens is 446 g/mol. The molecule has 2 aromatic heterocycles. The van der Waals surface area contributed by atoms with Crippen molar-refractivity contribution in [2.75, 3.05) is 18.4 Å². The summed E-state index contributed by atoms with van der Waals surface area (Å²) in [6, 6.07) is 14.3. The summed E-state index contributed by atoms with van der Waals surface area (Å²) < 4.78 is 30.1. The minimum atomic E-state index is -3.54. The summed E-state index contributed by atoms with van der Waals surface area (Å²) in [4.78, 5) is 24.0. The van der Waals surface area contributed by atoms with Crippen LogP contribution in [0.5, 0.6) is 0 Å². The van der Waals surface area contributed by atoms with Crippen LogP contribution in [-0.4, -0.2) is 36.3 Å². The lowest BCUT2D eigenvalue weighted by atomic mass is 9.81.